The number of halogens is 1. The molecule has 0 radical (unpaired) electrons. The van der Waals surface area contributed by atoms with Crippen LogP contribution in [0, 0.1) is 5.92 Å². The second kappa shape index (κ2) is 10.5. The number of carbonyl (C=O) groups is 1. The third kappa shape index (κ3) is 6.15. The Morgan fingerprint density at radius 3 is 2.61 bits per heavy atom. The molecule has 0 saturated heterocycles. The quantitative estimate of drug-likeness (QED) is 0.457. The van der Waals surface area contributed by atoms with E-state index in [1.165, 1.54) is 18.9 Å². The van der Waals surface area contributed by atoms with Gasteiger partial charge in [-0.3, -0.25) is 4.79 Å². The first kappa shape index (κ1) is 23.0. The molecule has 0 unspecified atom stereocenters. The maximum Gasteiger partial charge on any atom is 0.234 e. The highest BCUT2D eigenvalue weighted by Gasteiger charge is 2.14. The van der Waals surface area contributed by atoms with E-state index in [0.29, 0.717) is 34.1 Å². The van der Waals surface area contributed by atoms with Crippen LogP contribution in [0.1, 0.15) is 13.8 Å². The number of rotatable bonds is 9. The first-order valence-electron chi connectivity index (χ1n) is 9.76. The molecule has 1 aromatic heterocycles. The highest BCUT2D eigenvalue weighted by Crippen LogP contribution is 2.28. The lowest BCUT2D eigenvalue weighted by Gasteiger charge is -2.10. The SMILES string of the molecule is COc1ccc(Cl)cc1NC(=O)CSc1nnc(-c2ccc(OCC(C)C)cc2)n1C. The first-order valence-corrected chi connectivity index (χ1v) is 11.1. The van der Waals surface area contributed by atoms with Gasteiger partial charge >= 0.3 is 0 Å². The minimum absolute atomic E-state index is 0.170. The molecule has 3 rings (SSSR count). The van der Waals surface area contributed by atoms with E-state index in [9.17, 15) is 4.79 Å². The molecule has 31 heavy (non-hydrogen) atoms. The summed E-state index contributed by atoms with van der Waals surface area (Å²) in [5, 5.41) is 12.5. The summed E-state index contributed by atoms with van der Waals surface area (Å²) in [6, 6.07) is 12.8. The van der Waals surface area contributed by atoms with Crippen LogP contribution in [0.3, 0.4) is 0 Å². The van der Waals surface area contributed by atoms with Crippen molar-refractivity contribution in [2.75, 3.05) is 24.8 Å². The molecule has 0 aliphatic rings. The molecule has 0 bridgehead atoms. The zero-order chi connectivity index (χ0) is 22.4. The molecule has 0 fully saturated rings. The second-order valence-corrected chi connectivity index (χ2v) is 8.65. The summed E-state index contributed by atoms with van der Waals surface area (Å²) in [6.07, 6.45) is 0. The third-order valence-corrected chi connectivity index (χ3v) is 5.55. The summed E-state index contributed by atoms with van der Waals surface area (Å²) >= 11 is 7.31. The van der Waals surface area contributed by atoms with Crippen molar-refractivity contribution in [3.05, 3.63) is 47.5 Å². The average Bonchev–Trinajstić information content (AvgIpc) is 3.11. The van der Waals surface area contributed by atoms with E-state index in [1.54, 1.807) is 18.2 Å². The van der Waals surface area contributed by atoms with Crippen molar-refractivity contribution in [2.45, 2.75) is 19.0 Å². The van der Waals surface area contributed by atoms with E-state index in [2.05, 4.69) is 29.4 Å². The standard InChI is InChI=1S/C22H25ClN4O3S/c1-14(2)12-30-17-8-5-15(6-9-17)21-25-26-22(27(21)3)31-13-20(28)24-18-11-16(23)7-10-19(18)29-4/h5-11,14H,12-13H2,1-4H3,(H,24,28). The van der Waals surface area contributed by atoms with Crippen molar-refractivity contribution in [3.8, 4) is 22.9 Å². The van der Waals surface area contributed by atoms with E-state index in [0.717, 1.165) is 17.1 Å². The fourth-order valence-corrected chi connectivity index (χ4v) is 3.63. The van der Waals surface area contributed by atoms with Gasteiger partial charge in [0.15, 0.2) is 11.0 Å². The fourth-order valence-electron chi connectivity index (χ4n) is 2.75. The van der Waals surface area contributed by atoms with Gasteiger partial charge in [-0.25, -0.2) is 0 Å². The average molecular weight is 461 g/mol. The number of ether oxygens (including phenoxy) is 2. The van der Waals surface area contributed by atoms with E-state index in [1.807, 2.05) is 35.9 Å². The highest BCUT2D eigenvalue weighted by molar-refractivity contribution is 7.99. The van der Waals surface area contributed by atoms with Crippen LogP contribution >= 0.6 is 23.4 Å². The van der Waals surface area contributed by atoms with Crippen LogP contribution in [-0.4, -0.2) is 40.1 Å². The molecule has 0 spiro atoms. The molecule has 0 aliphatic carbocycles. The molecule has 164 valence electrons. The summed E-state index contributed by atoms with van der Waals surface area (Å²) in [4.78, 5) is 12.4. The van der Waals surface area contributed by atoms with Crippen LogP contribution in [0.4, 0.5) is 5.69 Å². The van der Waals surface area contributed by atoms with E-state index < -0.39 is 0 Å². The number of benzene rings is 2. The van der Waals surface area contributed by atoms with Gasteiger partial charge in [-0.1, -0.05) is 37.2 Å². The lowest BCUT2D eigenvalue weighted by Crippen LogP contribution is -2.15. The molecule has 0 aliphatic heterocycles. The predicted octanol–water partition coefficient (Wildman–Crippen LogP) is 4.91. The van der Waals surface area contributed by atoms with Crippen molar-refractivity contribution in [2.24, 2.45) is 13.0 Å². The Hall–Kier alpha value is -2.71. The minimum Gasteiger partial charge on any atom is -0.495 e. The number of thioether (sulfide) groups is 1. The Kier molecular flexibility index (Phi) is 7.81. The Morgan fingerprint density at radius 1 is 1.19 bits per heavy atom. The summed E-state index contributed by atoms with van der Waals surface area (Å²) in [5.74, 6) is 2.53. The molecule has 2 aromatic carbocycles. The Bertz CT molecular complexity index is 1040. The van der Waals surface area contributed by atoms with Gasteiger partial charge in [0, 0.05) is 17.6 Å². The van der Waals surface area contributed by atoms with Crippen LogP contribution in [0.15, 0.2) is 47.6 Å². The van der Waals surface area contributed by atoms with Gasteiger partial charge in [0.05, 0.1) is 25.2 Å². The smallest absolute Gasteiger partial charge is 0.234 e. The zero-order valence-electron chi connectivity index (χ0n) is 17.9. The van der Waals surface area contributed by atoms with Gasteiger partial charge in [0.25, 0.3) is 0 Å². The van der Waals surface area contributed by atoms with Crippen LogP contribution in [0.5, 0.6) is 11.5 Å². The zero-order valence-corrected chi connectivity index (χ0v) is 19.5. The molecule has 1 N–H and O–H groups in total. The van der Waals surface area contributed by atoms with Gasteiger partial charge < -0.3 is 19.4 Å². The number of aromatic nitrogens is 3. The van der Waals surface area contributed by atoms with E-state index in [4.69, 9.17) is 21.1 Å². The molecule has 9 heteroatoms. The lowest BCUT2D eigenvalue weighted by atomic mass is 10.2. The molecular formula is C22H25ClN4O3S. The number of amides is 1. The number of anilines is 1. The third-order valence-electron chi connectivity index (χ3n) is 4.30. The van der Waals surface area contributed by atoms with Gasteiger partial charge in [-0.05, 0) is 48.4 Å². The Morgan fingerprint density at radius 2 is 1.94 bits per heavy atom. The van der Waals surface area contributed by atoms with Crippen molar-refractivity contribution in [1.82, 2.24) is 14.8 Å². The molecule has 1 amide bonds. The van der Waals surface area contributed by atoms with E-state index >= 15 is 0 Å². The van der Waals surface area contributed by atoms with Crippen LogP contribution in [-0.2, 0) is 11.8 Å². The first-order chi connectivity index (χ1) is 14.9. The van der Waals surface area contributed by atoms with Gasteiger partial charge in [0.1, 0.15) is 11.5 Å². The molecule has 1 heterocycles. The number of methoxy groups -OCH3 is 1. The Labute approximate surface area is 191 Å². The second-order valence-electron chi connectivity index (χ2n) is 7.28. The molecule has 0 saturated carbocycles. The van der Waals surface area contributed by atoms with Crippen LogP contribution in [0.25, 0.3) is 11.4 Å². The highest BCUT2D eigenvalue weighted by atomic mass is 35.5. The van der Waals surface area contributed by atoms with Crippen molar-refractivity contribution < 1.29 is 14.3 Å². The van der Waals surface area contributed by atoms with Crippen molar-refractivity contribution >= 4 is 35.0 Å². The summed E-state index contributed by atoms with van der Waals surface area (Å²) in [5.41, 5.74) is 1.45. The van der Waals surface area contributed by atoms with Gasteiger partial charge in [0.2, 0.25) is 5.91 Å². The molecular weight excluding hydrogens is 436 g/mol. The number of nitrogens with zero attached hydrogens (tertiary/aromatic N) is 3. The number of hydrogen-bond donors (Lipinski definition) is 1. The lowest BCUT2D eigenvalue weighted by molar-refractivity contribution is -0.113. The van der Waals surface area contributed by atoms with Crippen molar-refractivity contribution in [3.63, 3.8) is 0 Å². The summed E-state index contributed by atoms with van der Waals surface area (Å²) in [7, 11) is 3.41. The topological polar surface area (TPSA) is 78.3 Å². The predicted molar refractivity (Wildman–Crippen MR) is 124 cm³/mol. The normalized spacial score (nSPS) is 10.9. The summed E-state index contributed by atoms with van der Waals surface area (Å²) < 4.78 is 12.8. The fraction of sp³-hybridized carbons (Fsp3) is 0.318. The van der Waals surface area contributed by atoms with Crippen LogP contribution in [0.2, 0.25) is 5.02 Å². The number of carbonyl (C=O) groups excluding carboxylic acids is 1. The number of nitrogens with one attached hydrogen (secondary N) is 1. The van der Waals surface area contributed by atoms with E-state index in [-0.39, 0.29) is 11.7 Å². The van der Waals surface area contributed by atoms with Crippen molar-refractivity contribution in [1.29, 1.82) is 0 Å². The number of hydrogen-bond acceptors (Lipinski definition) is 6. The largest absolute Gasteiger partial charge is 0.495 e. The molecule has 3 aromatic rings. The molecule has 0 atom stereocenters. The maximum atomic E-state index is 12.4. The maximum absolute atomic E-state index is 12.4. The van der Waals surface area contributed by atoms with Crippen LogP contribution < -0.4 is 14.8 Å². The Balaban J connectivity index is 1.62. The van der Waals surface area contributed by atoms with Gasteiger partial charge in [-0.15, -0.1) is 10.2 Å². The molecule has 7 nitrogen and oxygen atoms in total. The summed E-state index contributed by atoms with van der Waals surface area (Å²) in [6.45, 7) is 4.89. The minimum atomic E-state index is -0.193. The van der Waals surface area contributed by atoms with Gasteiger partial charge in [-0.2, -0.15) is 0 Å². The monoisotopic (exact) mass is 460 g/mol.